The van der Waals surface area contributed by atoms with Crippen LogP contribution in [-0.2, 0) is 4.79 Å². The Balaban J connectivity index is 2.14. The molecular weight excluding hydrogens is 251 g/mol. The number of carboxylic acids is 1. The molecular formula is C13H15FN2O3. The standard InChI is InChI=1S/C13H15FN2O3/c14-10-6-8(3-4-11(10)15)12(17)16-5-1-2-9(7-16)13(18)19/h3-4,6,9H,1-2,5,7,15H2,(H,18,19). The van der Waals surface area contributed by atoms with E-state index in [0.29, 0.717) is 19.4 Å². The Morgan fingerprint density at radius 1 is 1.42 bits per heavy atom. The molecule has 1 aromatic rings. The topological polar surface area (TPSA) is 83.6 Å². The molecule has 102 valence electrons. The lowest BCUT2D eigenvalue weighted by Crippen LogP contribution is -2.42. The Morgan fingerprint density at radius 3 is 2.79 bits per heavy atom. The van der Waals surface area contributed by atoms with Gasteiger partial charge in [-0.3, -0.25) is 9.59 Å². The molecule has 0 radical (unpaired) electrons. The van der Waals surface area contributed by atoms with Gasteiger partial charge in [0.1, 0.15) is 5.82 Å². The fourth-order valence-electron chi connectivity index (χ4n) is 2.21. The lowest BCUT2D eigenvalue weighted by Gasteiger charge is -2.30. The highest BCUT2D eigenvalue weighted by Crippen LogP contribution is 2.20. The summed E-state index contributed by atoms with van der Waals surface area (Å²) in [6, 6.07) is 3.87. The molecule has 1 aliphatic heterocycles. The molecule has 19 heavy (non-hydrogen) atoms. The average molecular weight is 266 g/mol. The maximum absolute atomic E-state index is 13.3. The normalized spacial score (nSPS) is 19.2. The highest BCUT2D eigenvalue weighted by Gasteiger charge is 2.28. The lowest BCUT2D eigenvalue weighted by molar-refractivity contribution is -0.143. The van der Waals surface area contributed by atoms with E-state index in [4.69, 9.17) is 10.8 Å². The number of hydrogen-bond donors (Lipinski definition) is 2. The van der Waals surface area contributed by atoms with Crippen molar-refractivity contribution >= 4 is 17.6 Å². The largest absolute Gasteiger partial charge is 0.481 e. The SMILES string of the molecule is Nc1ccc(C(=O)N2CCCC(C(=O)O)C2)cc1F. The van der Waals surface area contributed by atoms with Gasteiger partial charge in [-0.15, -0.1) is 0 Å². The molecule has 5 nitrogen and oxygen atoms in total. The number of nitrogens with zero attached hydrogens (tertiary/aromatic N) is 1. The summed E-state index contributed by atoms with van der Waals surface area (Å²) >= 11 is 0. The van der Waals surface area contributed by atoms with Crippen LogP contribution in [0.2, 0.25) is 0 Å². The molecule has 0 saturated carbocycles. The van der Waals surface area contributed by atoms with E-state index in [-0.39, 0.29) is 23.7 Å². The number of amides is 1. The summed E-state index contributed by atoms with van der Waals surface area (Å²) in [5.74, 6) is -2.44. The second kappa shape index (κ2) is 5.26. The summed E-state index contributed by atoms with van der Waals surface area (Å²) < 4.78 is 13.3. The van der Waals surface area contributed by atoms with E-state index in [0.717, 1.165) is 6.07 Å². The summed E-state index contributed by atoms with van der Waals surface area (Å²) in [4.78, 5) is 24.6. The number of halogens is 1. The van der Waals surface area contributed by atoms with Crippen molar-refractivity contribution in [3.8, 4) is 0 Å². The molecule has 1 amide bonds. The van der Waals surface area contributed by atoms with E-state index in [1.54, 1.807) is 0 Å². The predicted octanol–water partition coefficient (Wildman–Crippen LogP) is 1.34. The lowest BCUT2D eigenvalue weighted by atomic mass is 9.97. The van der Waals surface area contributed by atoms with E-state index < -0.39 is 17.7 Å². The fraction of sp³-hybridized carbons (Fsp3) is 0.385. The number of nitrogen functional groups attached to an aromatic ring is 1. The average Bonchev–Trinajstić information content (AvgIpc) is 2.41. The summed E-state index contributed by atoms with van der Waals surface area (Å²) in [6.07, 6.45) is 1.20. The van der Waals surface area contributed by atoms with Crippen LogP contribution in [-0.4, -0.2) is 35.0 Å². The fourth-order valence-corrected chi connectivity index (χ4v) is 2.21. The van der Waals surface area contributed by atoms with Crippen molar-refractivity contribution in [1.29, 1.82) is 0 Å². The van der Waals surface area contributed by atoms with Crippen LogP contribution in [0.3, 0.4) is 0 Å². The van der Waals surface area contributed by atoms with Crippen LogP contribution in [0.25, 0.3) is 0 Å². The molecule has 3 N–H and O–H groups in total. The highest BCUT2D eigenvalue weighted by atomic mass is 19.1. The van der Waals surface area contributed by atoms with Crippen molar-refractivity contribution in [1.82, 2.24) is 4.90 Å². The number of carbonyl (C=O) groups is 2. The van der Waals surface area contributed by atoms with Crippen LogP contribution in [0.1, 0.15) is 23.2 Å². The third kappa shape index (κ3) is 2.83. The van der Waals surface area contributed by atoms with Crippen LogP contribution >= 0.6 is 0 Å². The molecule has 0 aromatic heterocycles. The van der Waals surface area contributed by atoms with E-state index >= 15 is 0 Å². The number of nitrogens with two attached hydrogens (primary N) is 1. The van der Waals surface area contributed by atoms with Crippen molar-refractivity contribution in [2.24, 2.45) is 5.92 Å². The number of aliphatic carboxylic acids is 1. The molecule has 0 spiro atoms. The highest BCUT2D eigenvalue weighted by molar-refractivity contribution is 5.95. The molecule has 1 heterocycles. The summed E-state index contributed by atoms with van der Waals surface area (Å²) in [7, 11) is 0. The number of carbonyl (C=O) groups excluding carboxylic acids is 1. The van der Waals surface area contributed by atoms with Gasteiger partial charge in [0, 0.05) is 18.7 Å². The molecule has 1 saturated heterocycles. The van der Waals surface area contributed by atoms with Gasteiger partial charge in [0.2, 0.25) is 0 Å². The Labute approximate surface area is 109 Å². The summed E-state index contributed by atoms with van der Waals surface area (Å²) in [6.45, 7) is 0.661. The second-order valence-corrected chi connectivity index (χ2v) is 4.66. The first-order chi connectivity index (χ1) is 8.99. The first-order valence-electron chi connectivity index (χ1n) is 6.06. The zero-order valence-electron chi connectivity index (χ0n) is 10.3. The molecule has 0 aliphatic carbocycles. The molecule has 6 heteroatoms. The summed E-state index contributed by atoms with van der Waals surface area (Å²) in [5.41, 5.74) is 5.53. The van der Waals surface area contributed by atoms with Crippen LogP contribution in [0.5, 0.6) is 0 Å². The maximum atomic E-state index is 13.3. The van der Waals surface area contributed by atoms with Crippen molar-refractivity contribution in [3.05, 3.63) is 29.6 Å². The van der Waals surface area contributed by atoms with Crippen molar-refractivity contribution < 1.29 is 19.1 Å². The number of piperidine rings is 1. The number of rotatable bonds is 2. The quantitative estimate of drug-likeness (QED) is 0.791. The van der Waals surface area contributed by atoms with Gasteiger partial charge >= 0.3 is 5.97 Å². The van der Waals surface area contributed by atoms with Crippen molar-refractivity contribution in [3.63, 3.8) is 0 Å². The number of benzene rings is 1. The van der Waals surface area contributed by atoms with Crippen molar-refractivity contribution in [2.45, 2.75) is 12.8 Å². The van der Waals surface area contributed by atoms with Gasteiger partial charge in [0.05, 0.1) is 11.6 Å². The van der Waals surface area contributed by atoms with Gasteiger partial charge < -0.3 is 15.7 Å². The summed E-state index contributed by atoms with van der Waals surface area (Å²) in [5, 5.41) is 8.97. The minimum atomic E-state index is -0.902. The number of anilines is 1. The van der Waals surface area contributed by atoms with Gasteiger partial charge in [-0.1, -0.05) is 0 Å². The Morgan fingerprint density at radius 2 is 2.16 bits per heavy atom. The smallest absolute Gasteiger partial charge is 0.308 e. The van der Waals surface area contributed by atoms with Crippen LogP contribution < -0.4 is 5.73 Å². The predicted molar refractivity (Wildman–Crippen MR) is 67.1 cm³/mol. The molecule has 0 bridgehead atoms. The molecule has 2 rings (SSSR count). The zero-order chi connectivity index (χ0) is 14.0. The Kier molecular flexibility index (Phi) is 3.69. The van der Waals surface area contributed by atoms with Gasteiger partial charge in [-0.2, -0.15) is 0 Å². The van der Waals surface area contributed by atoms with Crippen LogP contribution in [0.15, 0.2) is 18.2 Å². The second-order valence-electron chi connectivity index (χ2n) is 4.66. The van der Waals surface area contributed by atoms with Gasteiger partial charge in [0.25, 0.3) is 5.91 Å². The maximum Gasteiger partial charge on any atom is 0.308 e. The molecule has 1 unspecified atom stereocenters. The van der Waals surface area contributed by atoms with Gasteiger partial charge in [-0.25, -0.2) is 4.39 Å². The minimum Gasteiger partial charge on any atom is -0.481 e. The Hall–Kier alpha value is -2.11. The van der Waals surface area contributed by atoms with Crippen LogP contribution in [0.4, 0.5) is 10.1 Å². The molecule has 1 aromatic carbocycles. The Bertz CT molecular complexity index is 519. The molecule has 1 aliphatic rings. The van der Waals surface area contributed by atoms with Gasteiger partial charge in [-0.05, 0) is 31.0 Å². The monoisotopic (exact) mass is 266 g/mol. The van der Waals surface area contributed by atoms with E-state index in [1.165, 1.54) is 17.0 Å². The number of likely N-dealkylation sites (tertiary alicyclic amines) is 1. The van der Waals surface area contributed by atoms with E-state index in [2.05, 4.69) is 0 Å². The molecule has 1 atom stereocenters. The minimum absolute atomic E-state index is 0.0152. The number of hydrogen-bond acceptors (Lipinski definition) is 3. The van der Waals surface area contributed by atoms with Crippen LogP contribution in [0, 0.1) is 11.7 Å². The first-order valence-corrected chi connectivity index (χ1v) is 6.06. The van der Waals surface area contributed by atoms with Crippen molar-refractivity contribution in [2.75, 3.05) is 18.8 Å². The molecule has 1 fully saturated rings. The number of carboxylic acid groups (broad SMARTS) is 1. The zero-order valence-corrected chi connectivity index (χ0v) is 10.3. The van der Waals surface area contributed by atoms with E-state index in [1.807, 2.05) is 0 Å². The van der Waals surface area contributed by atoms with E-state index in [9.17, 15) is 14.0 Å². The first kappa shape index (κ1) is 13.3. The third-order valence-corrected chi connectivity index (χ3v) is 3.31. The van der Waals surface area contributed by atoms with Gasteiger partial charge in [0.15, 0.2) is 0 Å². The third-order valence-electron chi connectivity index (χ3n) is 3.31.